The summed E-state index contributed by atoms with van der Waals surface area (Å²) < 4.78 is 5.21. The molecule has 2 heterocycles. The van der Waals surface area contributed by atoms with Crippen molar-refractivity contribution in [2.24, 2.45) is 0 Å². The van der Waals surface area contributed by atoms with E-state index in [1.165, 1.54) is 0 Å². The van der Waals surface area contributed by atoms with E-state index < -0.39 is 5.69 Å². The number of furan rings is 1. The highest BCUT2D eigenvalue weighted by molar-refractivity contribution is 5.94. The number of nitrogens with zero attached hydrogens (tertiary/aromatic N) is 1. The molecule has 0 fully saturated rings. The Hall–Kier alpha value is -4.13. The molecule has 0 saturated heterocycles. The number of amides is 1. The molecule has 0 aliphatic heterocycles. The van der Waals surface area contributed by atoms with Crippen LogP contribution in [0.5, 0.6) is 5.75 Å². The standard InChI is InChI=1S/C24H21N3O4/c1-15-11-18(8-9-22(15)28)21-13-19(26-24(30)27-21)12-16-4-6-17(7-5-16)23(29)25-14-20-3-2-10-31-20/h2-11,13,28H,12,14H2,1H3,(H,25,29)(H,26,27,30). The SMILES string of the molecule is Cc1cc(-c2cc(Cc3ccc(C(=O)NCc4ccco4)cc3)[nH]c(=O)n2)ccc1O. The molecule has 7 nitrogen and oxygen atoms in total. The number of hydrogen-bond donors (Lipinski definition) is 3. The quantitative estimate of drug-likeness (QED) is 0.446. The van der Waals surface area contributed by atoms with Crippen molar-refractivity contribution in [3.05, 3.63) is 106 Å². The van der Waals surface area contributed by atoms with Crippen LogP contribution in [0.3, 0.4) is 0 Å². The summed E-state index contributed by atoms with van der Waals surface area (Å²) in [6.07, 6.45) is 2.05. The van der Waals surface area contributed by atoms with E-state index in [1.54, 1.807) is 55.7 Å². The highest BCUT2D eigenvalue weighted by Crippen LogP contribution is 2.24. The lowest BCUT2D eigenvalue weighted by atomic mass is 10.0. The van der Waals surface area contributed by atoms with E-state index in [1.807, 2.05) is 18.2 Å². The van der Waals surface area contributed by atoms with Crippen LogP contribution in [0.15, 0.2) is 76.1 Å². The zero-order valence-corrected chi connectivity index (χ0v) is 16.9. The second kappa shape index (κ2) is 8.71. The molecule has 2 aromatic heterocycles. The third-order valence-electron chi connectivity index (χ3n) is 4.91. The zero-order valence-electron chi connectivity index (χ0n) is 16.9. The van der Waals surface area contributed by atoms with Crippen LogP contribution < -0.4 is 11.0 Å². The summed E-state index contributed by atoms with van der Waals surface area (Å²) >= 11 is 0. The molecule has 0 unspecified atom stereocenters. The monoisotopic (exact) mass is 415 g/mol. The van der Waals surface area contributed by atoms with Crippen molar-refractivity contribution >= 4 is 5.91 Å². The van der Waals surface area contributed by atoms with Gasteiger partial charge >= 0.3 is 5.69 Å². The predicted octanol–water partition coefficient (Wildman–Crippen LogP) is 3.56. The minimum Gasteiger partial charge on any atom is -0.508 e. The lowest BCUT2D eigenvalue weighted by Crippen LogP contribution is -2.22. The predicted molar refractivity (Wildman–Crippen MR) is 116 cm³/mol. The molecule has 3 N–H and O–H groups in total. The number of hydrogen-bond acceptors (Lipinski definition) is 5. The molecule has 0 spiro atoms. The highest BCUT2D eigenvalue weighted by Gasteiger charge is 2.09. The zero-order chi connectivity index (χ0) is 21.8. The number of aryl methyl sites for hydroxylation is 1. The Morgan fingerprint density at radius 2 is 1.94 bits per heavy atom. The number of phenolic OH excluding ortho intramolecular Hbond substituents is 1. The molecule has 0 atom stereocenters. The second-order valence-electron chi connectivity index (χ2n) is 7.23. The molecule has 0 saturated carbocycles. The van der Waals surface area contributed by atoms with E-state index in [-0.39, 0.29) is 11.7 Å². The van der Waals surface area contributed by atoms with E-state index >= 15 is 0 Å². The molecule has 1 amide bonds. The van der Waals surface area contributed by atoms with Crippen LogP contribution in [0.4, 0.5) is 0 Å². The van der Waals surface area contributed by atoms with Crippen LogP contribution in [-0.2, 0) is 13.0 Å². The molecule has 2 aromatic carbocycles. The third-order valence-corrected chi connectivity index (χ3v) is 4.91. The van der Waals surface area contributed by atoms with Crippen LogP contribution in [0.1, 0.15) is 32.9 Å². The Kier molecular flexibility index (Phi) is 5.66. The fourth-order valence-corrected chi connectivity index (χ4v) is 3.24. The molecule has 156 valence electrons. The van der Waals surface area contributed by atoms with Crippen LogP contribution in [0.25, 0.3) is 11.3 Å². The molecule has 31 heavy (non-hydrogen) atoms. The van der Waals surface area contributed by atoms with Crippen molar-refractivity contribution in [2.75, 3.05) is 0 Å². The van der Waals surface area contributed by atoms with Gasteiger partial charge in [-0.15, -0.1) is 0 Å². The number of aromatic hydroxyl groups is 1. The molecular formula is C24H21N3O4. The highest BCUT2D eigenvalue weighted by atomic mass is 16.3. The molecular weight excluding hydrogens is 394 g/mol. The van der Waals surface area contributed by atoms with Gasteiger partial charge < -0.3 is 19.8 Å². The van der Waals surface area contributed by atoms with Crippen LogP contribution in [0.2, 0.25) is 0 Å². The van der Waals surface area contributed by atoms with Gasteiger partial charge in [-0.3, -0.25) is 4.79 Å². The second-order valence-corrected chi connectivity index (χ2v) is 7.23. The molecule has 0 bridgehead atoms. The Morgan fingerprint density at radius 1 is 1.13 bits per heavy atom. The van der Waals surface area contributed by atoms with Gasteiger partial charge in [0.25, 0.3) is 5.91 Å². The first-order chi connectivity index (χ1) is 15.0. The maximum atomic E-state index is 12.3. The molecule has 4 rings (SSSR count). The normalized spacial score (nSPS) is 10.7. The van der Waals surface area contributed by atoms with Crippen LogP contribution >= 0.6 is 0 Å². The van der Waals surface area contributed by atoms with Crippen molar-refractivity contribution in [2.45, 2.75) is 19.9 Å². The summed E-state index contributed by atoms with van der Waals surface area (Å²) in [6.45, 7) is 2.12. The average Bonchev–Trinajstić information content (AvgIpc) is 3.28. The lowest BCUT2D eigenvalue weighted by molar-refractivity contribution is 0.0948. The fraction of sp³-hybridized carbons (Fsp3) is 0.125. The summed E-state index contributed by atoms with van der Waals surface area (Å²) in [5.41, 5.74) is 3.75. The summed E-state index contributed by atoms with van der Waals surface area (Å²) in [5, 5.41) is 12.5. The average molecular weight is 415 g/mol. The van der Waals surface area contributed by atoms with E-state index in [9.17, 15) is 14.7 Å². The number of carbonyl (C=O) groups excluding carboxylic acids is 1. The molecule has 0 aliphatic carbocycles. The number of aromatic amines is 1. The minimum absolute atomic E-state index is 0.190. The Morgan fingerprint density at radius 3 is 2.65 bits per heavy atom. The summed E-state index contributed by atoms with van der Waals surface area (Å²) in [6, 6.07) is 17.7. The van der Waals surface area contributed by atoms with Crippen LogP contribution in [0, 0.1) is 6.92 Å². The Labute approximate surface area is 178 Å². The fourth-order valence-electron chi connectivity index (χ4n) is 3.24. The number of aromatic nitrogens is 2. The Balaban J connectivity index is 1.47. The van der Waals surface area contributed by atoms with Gasteiger partial charge in [-0.2, -0.15) is 4.98 Å². The van der Waals surface area contributed by atoms with E-state index in [4.69, 9.17) is 4.42 Å². The topological polar surface area (TPSA) is 108 Å². The van der Waals surface area contributed by atoms with Crippen molar-refractivity contribution in [3.8, 4) is 17.0 Å². The maximum Gasteiger partial charge on any atom is 0.345 e. The van der Waals surface area contributed by atoms with Gasteiger partial charge in [0.05, 0.1) is 18.5 Å². The minimum atomic E-state index is -0.438. The van der Waals surface area contributed by atoms with Gasteiger partial charge in [-0.05, 0) is 66.6 Å². The van der Waals surface area contributed by atoms with E-state index in [2.05, 4.69) is 15.3 Å². The lowest BCUT2D eigenvalue weighted by Gasteiger charge is -2.08. The van der Waals surface area contributed by atoms with Gasteiger partial charge in [0.15, 0.2) is 0 Å². The first-order valence-electron chi connectivity index (χ1n) is 9.78. The molecule has 0 aliphatic rings. The number of carbonyl (C=O) groups is 1. The summed E-state index contributed by atoms with van der Waals surface area (Å²) in [5.74, 6) is 0.693. The largest absolute Gasteiger partial charge is 0.508 e. The van der Waals surface area contributed by atoms with Gasteiger partial charge in [-0.1, -0.05) is 12.1 Å². The van der Waals surface area contributed by atoms with E-state index in [0.717, 1.165) is 11.1 Å². The van der Waals surface area contributed by atoms with Crippen molar-refractivity contribution in [1.82, 2.24) is 15.3 Å². The molecule has 7 heteroatoms. The van der Waals surface area contributed by atoms with Gasteiger partial charge in [0.1, 0.15) is 11.5 Å². The summed E-state index contributed by atoms with van der Waals surface area (Å²) in [7, 11) is 0. The molecule has 0 radical (unpaired) electrons. The third kappa shape index (κ3) is 4.90. The van der Waals surface area contributed by atoms with Crippen molar-refractivity contribution in [3.63, 3.8) is 0 Å². The van der Waals surface area contributed by atoms with Crippen LogP contribution in [-0.4, -0.2) is 21.0 Å². The number of benzene rings is 2. The number of nitrogens with one attached hydrogen (secondary N) is 2. The number of rotatable bonds is 6. The van der Waals surface area contributed by atoms with Gasteiger partial charge in [0.2, 0.25) is 0 Å². The number of H-pyrrole nitrogens is 1. The maximum absolute atomic E-state index is 12.3. The van der Waals surface area contributed by atoms with Gasteiger partial charge in [-0.25, -0.2) is 4.79 Å². The number of phenols is 1. The Bertz CT molecular complexity index is 1260. The first-order valence-corrected chi connectivity index (χ1v) is 9.78. The van der Waals surface area contributed by atoms with Gasteiger partial charge in [0, 0.05) is 23.2 Å². The van der Waals surface area contributed by atoms with E-state index in [0.29, 0.717) is 41.2 Å². The van der Waals surface area contributed by atoms with Crippen molar-refractivity contribution < 1.29 is 14.3 Å². The van der Waals surface area contributed by atoms with Crippen molar-refractivity contribution in [1.29, 1.82) is 0 Å². The summed E-state index contributed by atoms with van der Waals surface area (Å²) in [4.78, 5) is 31.1. The molecule has 4 aromatic rings. The first kappa shape index (κ1) is 20.2. The smallest absolute Gasteiger partial charge is 0.345 e.